The van der Waals surface area contributed by atoms with Gasteiger partial charge in [0.15, 0.2) is 0 Å². The summed E-state index contributed by atoms with van der Waals surface area (Å²) in [6, 6.07) is 8.25. The van der Waals surface area contributed by atoms with Gasteiger partial charge in [0, 0.05) is 68.6 Å². The highest BCUT2D eigenvalue weighted by Gasteiger charge is 2.12. The first-order valence-electron chi connectivity index (χ1n) is 9.67. The van der Waals surface area contributed by atoms with E-state index in [1.165, 1.54) is 11.1 Å². The molecule has 0 aliphatic rings. The molecule has 3 heterocycles. The Morgan fingerprint density at radius 3 is 2.61 bits per heavy atom. The van der Waals surface area contributed by atoms with Crippen LogP contribution >= 0.6 is 0 Å². The second-order valence-corrected chi connectivity index (χ2v) is 6.88. The minimum atomic E-state index is 0.815. The average molecular weight is 380 g/mol. The van der Waals surface area contributed by atoms with Crippen molar-refractivity contribution in [2.24, 2.45) is 0 Å². The van der Waals surface area contributed by atoms with Gasteiger partial charge < -0.3 is 15.1 Å². The standard InChI is InChI=1S/C21H29N7/c1-4-28(15-17-7-9-23-10-8-17)20-6-5-18(13-24-20)21-19(14-25-26-21)16-27(3)12-11-22-2/h5-10,13-14,22H,4,11-12,15-16H2,1-3H3,(H,25,26). The Morgan fingerprint density at radius 1 is 1.11 bits per heavy atom. The fraction of sp³-hybridized carbons (Fsp3) is 0.381. The summed E-state index contributed by atoms with van der Waals surface area (Å²) in [4.78, 5) is 13.3. The average Bonchev–Trinajstić information content (AvgIpc) is 3.19. The van der Waals surface area contributed by atoms with Gasteiger partial charge in [-0.25, -0.2) is 4.98 Å². The van der Waals surface area contributed by atoms with Crippen LogP contribution < -0.4 is 10.2 Å². The number of anilines is 1. The van der Waals surface area contributed by atoms with Crippen LogP contribution in [0.4, 0.5) is 5.82 Å². The van der Waals surface area contributed by atoms with Crippen molar-refractivity contribution in [1.82, 2.24) is 30.4 Å². The zero-order valence-electron chi connectivity index (χ0n) is 16.9. The van der Waals surface area contributed by atoms with Gasteiger partial charge in [-0.2, -0.15) is 5.10 Å². The maximum absolute atomic E-state index is 4.70. The fourth-order valence-electron chi connectivity index (χ4n) is 3.13. The van der Waals surface area contributed by atoms with Crippen LogP contribution in [0.25, 0.3) is 11.3 Å². The van der Waals surface area contributed by atoms with Gasteiger partial charge in [0.1, 0.15) is 5.82 Å². The Morgan fingerprint density at radius 2 is 1.93 bits per heavy atom. The Hall–Kier alpha value is -2.77. The quantitative estimate of drug-likeness (QED) is 0.564. The first kappa shape index (κ1) is 20.0. The smallest absolute Gasteiger partial charge is 0.128 e. The largest absolute Gasteiger partial charge is 0.353 e. The fourth-order valence-corrected chi connectivity index (χ4v) is 3.13. The van der Waals surface area contributed by atoms with Crippen molar-refractivity contribution < 1.29 is 0 Å². The zero-order chi connectivity index (χ0) is 19.8. The van der Waals surface area contributed by atoms with Gasteiger partial charge in [-0.05, 0) is 50.8 Å². The molecule has 0 aliphatic heterocycles. The van der Waals surface area contributed by atoms with Crippen LogP contribution in [0.1, 0.15) is 18.1 Å². The Bertz CT molecular complexity index is 829. The van der Waals surface area contributed by atoms with Crippen molar-refractivity contribution in [2.45, 2.75) is 20.0 Å². The maximum atomic E-state index is 4.70. The Balaban J connectivity index is 1.71. The summed E-state index contributed by atoms with van der Waals surface area (Å²) < 4.78 is 0. The number of hydrogen-bond acceptors (Lipinski definition) is 6. The lowest BCUT2D eigenvalue weighted by atomic mass is 10.1. The van der Waals surface area contributed by atoms with E-state index >= 15 is 0 Å². The molecule has 0 saturated carbocycles. The minimum Gasteiger partial charge on any atom is -0.353 e. The molecular weight excluding hydrogens is 350 g/mol. The minimum absolute atomic E-state index is 0.815. The molecule has 3 aromatic heterocycles. The number of aromatic amines is 1. The second-order valence-electron chi connectivity index (χ2n) is 6.88. The van der Waals surface area contributed by atoms with Crippen molar-refractivity contribution in [2.75, 3.05) is 38.6 Å². The predicted molar refractivity (Wildman–Crippen MR) is 113 cm³/mol. The molecule has 7 nitrogen and oxygen atoms in total. The molecule has 7 heteroatoms. The number of rotatable bonds is 10. The first-order chi connectivity index (χ1) is 13.7. The van der Waals surface area contributed by atoms with Gasteiger partial charge >= 0.3 is 0 Å². The number of aromatic nitrogens is 4. The number of nitrogens with one attached hydrogen (secondary N) is 2. The van der Waals surface area contributed by atoms with E-state index in [1.54, 1.807) is 0 Å². The van der Waals surface area contributed by atoms with Gasteiger partial charge in [-0.15, -0.1) is 0 Å². The summed E-state index contributed by atoms with van der Waals surface area (Å²) in [5.41, 5.74) is 4.40. The van der Waals surface area contributed by atoms with Crippen molar-refractivity contribution in [1.29, 1.82) is 0 Å². The predicted octanol–water partition coefficient (Wildman–Crippen LogP) is 2.54. The van der Waals surface area contributed by atoms with Gasteiger partial charge in [-0.1, -0.05) is 0 Å². The third-order valence-electron chi connectivity index (χ3n) is 4.75. The summed E-state index contributed by atoms with van der Waals surface area (Å²) in [5, 5.41) is 10.6. The molecule has 0 unspecified atom stereocenters. The van der Waals surface area contributed by atoms with Crippen LogP contribution in [-0.4, -0.2) is 58.8 Å². The van der Waals surface area contributed by atoms with Crippen molar-refractivity contribution >= 4 is 5.82 Å². The van der Waals surface area contributed by atoms with Crippen LogP contribution in [0.2, 0.25) is 0 Å². The maximum Gasteiger partial charge on any atom is 0.128 e. The van der Waals surface area contributed by atoms with E-state index in [2.05, 4.69) is 56.4 Å². The molecule has 148 valence electrons. The summed E-state index contributed by atoms with van der Waals surface area (Å²) in [5.74, 6) is 0.964. The molecule has 0 radical (unpaired) electrons. The summed E-state index contributed by atoms with van der Waals surface area (Å²) in [7, 11) is 4.09. The molecular formula is C21H29N7. The van der Waals surface area contributed by atoms with E-state index in [-0.39, 0.29) is 0 Å². The Labute approximate surface area is 166 Å². The van der Waals surface area contributed by atoms with Crippen LogP contribution in [0.3, 0.4) is 0 Å². The van der Waals surface area contributed by atoms with Crippen molar-refractivity contribution in [3.8, 4) is 11.3 Å². The summed E-state index contributed by atoms with van der Waals surface area (Å²) in [6.07, 6.45) is 7.54. The number of pyridine rings is 2. The van der Waals surface area contributed by atoms with Crippen LogP contribution in [0.5, 0.6) is 0 Å². The lowest BCUT2D eigenvalue weighted by molar-refractivity contribution is 0.328. The highest BCUT2D eigenvalue weighted by atomic mass is 15.2. The first-order valence-corrected chi connectivity index (χ1v) is 9.67. The highest BCUT2D eigenvalue weighted by Crippen LogP contribution is 2.24. The van der Waals surface area contributed by atoms with E-state index in [4.69, 9.17) is 4.98 Å². The highest BCUT2D eigenvalue weighted by molar-refractivity contribution is 5.63. The van der Waals surface area contributed by atoms with Gasteiger partial charge in [-0.3, -0.25) is 10.1 Å². The molecule has 0 fully saturated rings. The molecule has 28 heavy (non-hydrogen) atoms. The Kier molecular flexibility index (Phi) is 7.11. The van der Waals surface area contributed by atoms with Gasteiger partial charge in [0.25, 0.3) is 0 Å². The van der Waals surface area contributed by atoms with Gasteiger partial charge in [0.05, 0.1) is 5.69 Å². The molecule has 0 saturated heterocycles. The second kappa shape index (κ2) is 9.96. The van der Waals surface area contributed by atoms with Crippen LogP contribution in [0.15, 0.2) is 49.1 Å². The SMILES string of the molecule is CCN(Cc1ccncc1)c1ccc(-c2n[nH]cc2CN(C)CCNC)cn1. The van der Waals surface area contributed by atoms with E-state index in [0.29, 0.717) is 0 Å². The molecule has 3 rings (SSSR count). The topological polar surface area (TPSA) is 73.0 Å². The molecule has 3 aromatic rings. The number of likely N-dealkylation sites (N-methyl/N-ethyl adjacent to an activating group) is 2. The van der Waals surface area contributed by atoms with Crippen molar-refractivity contribution in [3.63, 3.8) is 0 Å². The number of hydrogen-bond donors (Lipinski definition) is 2. The monoisotopic (exact) mass is 379 g/mol. The molecule has 0 amide bonds. The molecule has 0 aliphatic carbocycles. The van der Waals surface area contributed by atoms with Crippen LogP contribution in [-0.2, 0) is 13.1 Å². The summed E-state index contributed by atoms with van der Waals surface area (Å²) >= 11 is 0. The summed E-state index contributed by atoms with van der Waals surface area (Å²) in [6.45, 7) is 6.64. The number of nitrogens with zero attached hydrogens (tertiary/aromatic N) is 5. The zero-order valence-corrected chi connectivity index (χ0v) is 16.9. The van der Waals surface area contributed by atoms with Crippen LogP contribution in [0, 0.1) is 0 Å². The number of H-pyrrole nitrogens is 1. The molecule has 0 bridgehead atoms. The third-order valence-corrected chi connectivity index (χ3v) is 4.75. The molecule has 2 N–H and O–H groups in total. The van der Waals surface area contributed by atoms with E-state index in [0.717, 1.165) is 49.8 Å². The van der Waals surface area contributed by atoms with Crippen molar-refractivity contribution in [3.05, 3.63) is 60.2 Å². The third kappa shape index (κ3) is 5.15. The lowest BCUT2D eigenvalue weighted by Crippen LogP contribution is -2.27. The lowest BCUT2D eigenvalue weighted by Gasteiger charge is -2.22. The normalized spacial score (nSPS) is 11.1. The van der Waals surface area contributed by atoms with E-state index < -0.39 is 0 Å². The molecule has 0 atom stereocenters. The van der Waals surface area contributed by atoms with E-state index in [9.17, 15) is 0 Å². The van der Waals surface area contributed by atoms with E-state index in [1.807, 2.05) is 44.0 Å². The molecule has 0 aromatic carbocycles. The van der Waals surface area contributed by atoms with Gasteiger partial charge in [0.2, 0.25) is 0 Å². The molecule has 0 spiro atoms.